The third-order valence-corrected chi connectivity index (χ3v) is 5.82. The van der Waals surface area contributed by atoms with Gasteiger partial charge in [0.25, 0.3) is 0 Å². The van der Waals surface area contributed by atoms with Crippen LogP contribution in [0.25, 0.3) is 0 Å². The van der Waals surface area contributed by atoms with Gasteiger partial charge in [0.1, 0.15) is 61.0 Å². The minimum absolute atomic E-state index is 0.155. The van der Waals surface area contributed by atoms with E-state index in [2.05, 4.69) is 23.7 Å². The smallest absolute Gasteiger partial charge is 0.394 e. The van der Waals surface area contributed by atoms with E-state index in [1.165, 1.54) is 6.07 Å². The number of aliphatic hydroxyl groups excluding tert-OH is 8. The van der Waals surface area contributed by atoms with E-state index in [1.807, 2.05) is 0 Å². The van der Waals surface area contributed by atoms with Crippen molar-refractivity contribution >= 4 is 0 Å². The molecule has 0 spiro atoms. The van der Waals surface area contributed by atoms with Gasteiger partial charge in [-0.05, 0) is 18.2 Å². The molecule has 36 heavy (non-hydrogen) atoms. The summed E-state index contributed by atoms with van der Waals surface area (Å²) in [7, 11) is 0. The molecule has 0 radical (unpaired) electrons. The number of rotatable bonds is 2. The van der Waals surface area contributed by atoms with Crippen molar-refractivity contribution in [3.63, 3.8) is 0 Å². The van der Waals surface area contributed by atoms with Gasteiger partial charge >= 0.3 is 6.18 Å². The fourth-order valence-corrected chi connectivity index (χ4v) is 3.71. The van der Waals surface area contributed by atoms with Crippen LogP contribution in [0.2, 0.25) is 0 Å². The monoisotopic (exact) mass is 518 g/mol. The highest BCUT2D eigenvalue weighted by Crippen LogP contribution is 2.32. The third-order valence-electron chi connectivity index (χ3n) is 5.82. The first-order chi connectivity index (χ1) is 16.9. The van der Waals surface area contributed by atoms with Crippen molar-refractivity contribution in [2.45, 2.75) is 67.2 Å². The van der Waals surface area contributed by atoms with Crippen LogP contribution in [0.15, 0.2) is 18.2 Å². The lowest BCUT2D eigenvalue weighted by Gasteiger charge is -2.37. The Balaban J connectivity index is 1.88. The van der Waals surface area contributed by atoms with Crippen molar-refractivity contribution in [3.8, 4) is 23.7 Å². The van der Waals surface area contributed by atoms with E-state index in [9.17, 15) is 54.0 Å². The molecule has 198 valence electrons. The van der Waals surface area contributed by atoms with Crippen molar-refractivity contribution < 1.29 is 63.5 Å². The molecule has 10 unspecified atom stereocenters. The number of aliphatic hydroxyl groups is 8. The third kappa shape index (κ3) is 5.99. The molecule has 10 nitrogen and oxygen atoms in total. The lowest BCUT2D eigenvalue weighted by molar-refractivity contribution is -0.214. The van der Waals surface area contributed by atoms with Crippen molar-refractivity contribution in [3.05, 3.63) is 34.9 Å². The topological polar surface area (TPSA) is 180 Å². The summed E-state index contributed by atoms with van der Waals surface area (Å²) in [6.07, 6.45) is -20.4. The average molecular weight is 518 g/mol. The molecule has 2 heterocycles. The van der Waals surface area contributed by atoms with E-state index in [0.29, 0.717) is 6.07 Å². The lowest BCUT2D eigenvalue weighted by Crippen LogP contribution is -2.58. The van der Waals surface area contributed by atoms with Crippen LogP contribution >= 0.6 is 0 Å². The number of benzene rings is 1. The van der Waals surface area contributed by atoms with Gasteiger partial charge in [-0.15, -0.1) is 0 Å². The molecular weight excluding hydrogens is 493 g/mol. The van der Waals surface area contributed by atoms with Gasteiger partial charge in [0.05, 0.1) is 18.8 Å². The van der Waals surface area contributed by atoms with E-state index < -0.39 is 91.6 Å². The van der Waals surface area contributed by atoms with Crippen LogP contribution in [0.4, 0.5) is 13.2 Å². The minimum atomic E-state index is -4.87. The van der Waals surface area contributed by atoms with Gasteiger partial charge in [0.15, 0.2) is 0 Å². The van der Waals surface area contributed by atoms with Crippen molar-refractivity contribution in [2.24, 2.45) is 0 Å². The van der Waals surface area contributed by atoms with Crippen LogP contribution in [0.1, 0.15) is 16.7 Å². The predicted octanol–water partition coefficient (Wildman–Crippen LogP) is -2.91. The standard InChI is InChI=1S/C23H25F3O10/c24-23(25,26)12-7-10(2-5-13-17(29)21(33)19(31)15(8-27)35-13)1-3-11(12)4-6-14-18(30)22(34)20(32)16(9-28)36-14/h1,3,7,13-22,27-34H,8-9H2. The summed E-state index contributed by atoms with van der Waals surface area (Å²) in [5, 5.41) is 77.7. The second-order valence-corrected chi connectivity index (χ2v) is 8.30. The number of halogens is 3. The highest BCUT2D eigenvalue weighted by Gasteiger charge is 2.44. The second kappa shape index (κ2) is 11.4. The van der Waals surface area contributed by atoms with Gasteiger partial charge < -0.3 is 50.3 Å². The van der Waals surface area contributed by atoms with Gasteiger partial charge in [0.2, 0.25) is 0 Å². The predicted molar refractivity (Wildman–Crippen MR) is 113 cm³/mol. The normalized spacial score (nSPS) is 36.9. The molecule has 0 aliphatic carbocycles. The second-order valence-electron chi connectivity index (χ2n) is 8.30. The van der Waals surface area contributed by atoms with Crippen LogP contribution in [0, 0.1) is 23.7 Å². The quantitative estimate of drug-likeness (QED) is 0.189. The summed E-state index contributed by atoms with van der Waals surface area (Å²) < 4.78 is 51.5. The molecule has 13 heteroatoms. The van der Waals surface area contributed by atoms with Gasteiger partial charge in [-0.2, -0.15) is 13.2 Å². The zero-order valence-electron chi connectivity index (χ0n) is 18.4. The van der Waals surface area contributed by atoms with Crippen LogP contribution in [0.5, 0.6) is 0 Å². The maximum Gasteiger partial charge on any atom is 0.417 e. The molecule has 0 aromatic heterocycles. The fourth-order valence-electron chi connectivity index (χ4n) is 3.71. The summed E-state index contributed by atoms with van der Waals surface area (Å²) in [5.74, 6) is 9.27. The molecule has 1 aromatic carbocycles. The van der Waals surface area contributed by atoms with Crippen LogP contribution in [-0.2, 0) is 15.7 Å². The first-order valence-electron chi connectivity index (χ1n) is 10.7. The van der Waals surface area contributed by atoms with Gasteiger partial charge in [-0.25, -0.2) is 0 Å². The molecule has 0 saturated carbocycles. The van der Waals surface area contributed by atoms with Gasteiger partial charge in [-0.3, -0.25) is 0 Å². The summed E-state index contributed by atoms with van der Waals surface area (Å²) >= 11 is 0. The molecule has 1 aromatic rings. The summed E-state index contributed by atoms with van der Waals surface area (Å²) in [4.78, 5) is 0. The van der Waals surface area contributed by atoms with Gasteiger partial charge in [0, 0.05) is 11.1 Å². The zero-order chi connectivity index (χ0) is 26.8. The summed E-state index contributed by atoms with van der Waals surface area (Å²) in [5.41, 5.74) is -1.87. The van der Waals surface area contributed by atoms with E-state index in [1.54, 1.807) is 0 Å². The molecule has 0 amide bonds. The van der Waals surface area contributed by atoms with E-state index in [4.69, 9.17) is 9.47 Å². The Bertz CT molecular complexity index is 1040. The Morgan fingerprint density at radius 1 is 0.694 bits per heavy atom. The molecule has 10 atom stereocenters. The van der Waals surface area contributed by atoms with E-state index in [0.717, 1.165) is 6.07 Å². The van der Waals surface area contributed by atoms with Crippen molar-refractivity contribution in [1.82, 2.24) is 0 Å². The minimum Gasteiger partial charge on any atom is -0.394 e. The largest absolute Gasteiger partial charge is 0.417 e. The Kier molecular flexibility index (Phi) is 8.97. The van der Waals surface area contributed by atoms with Gasteiger partial charge in [-0.1, -0.05) is 23.7 Å². The SMILES string of the molecule is OCC1OC(C#Cc2ccc(C#CC3OC(CO)C(O)C(O)C3O)c(C(F)(F)F)c2)C(O)C(O)C1O. The highest BCUT2D eigenvalue weighted by atomic mass is 19.4. The number of ether oxygens (including phenoxy) is 2. The maximum atomic E-state index is 13.7. The summed E-state index contributed by atoms with van der Waals surface area (Å²) in [6, 6.07) is 2.86. The number of hydrogen-bond acceptors (Lipinski definition) is 10. The van der Waals surface area contributed by atoms with Crippen LogP contribution in [0.3, 0.4) is 0 Å². The van der Waals surface area contributed by atoms with Crippen molar-refractivity contribution in [1.29, 1.82) is 0 Å². The van der Waals surface area contributed by atoms with Crippen LogP contribution in [-0.4, -0.2) is 115 Å². The maximum absolute atomic E-state index is 13.7. The van der Waals surface area contributed by atoms with E-state index >= 15 is 0 Å². The molecule has 2 fully saturated rings. The summed E-state index contributed by atoms with van der Waals surface area (Å²) in [6.45, 7) is -1.41. The molecule has 2 saturated heterocycles. The van der Waals surface area contributed by atoms with Crippen LogP contribution < -0.4 is 0 Å². The Morgan fingerprint density at radius 3 is 1.61 bits per heavy atom. The molecular formula is C23H25F3O10. The first-order valence-corrected chi connectivity index (χ1v) is 10.7. The lowest BCUT2D eigenvalue weighted by atomic mass is 9.94. The molecule has 0 bridgehead atoms. The molecule has 2 aliphatic rings. The average Bonchev–Trinajstić information content (AvgIpc) is 2.85. The fraction of sp³-hybridized carbons (Fsp3) is 0.565. The highest BCUT2D eigenvalue weighted by molar-refractivity contribution is 5.49. The Morgan fingerprint density at radius 2 is 1.17 bits per heavy atom. The Labute approximate surface area is 203 Å². The molecule has 3 rings (SSSR count). The number of alkyl halides is 3. The zero-order valence-corrected chi connectivity index (χ0v) is 18.4. The Hall–Kier alpha value is -2.27. The van der Waals surface area contributed by atoms with E-state index in [-0.39, 0.29) is 5.56 Å². The first kappa shape index (κ1) is 28.3. The number of hydrogen-bond donors (Lipinski definition) is 8. The molecule has 8 N–H and O–H groups in total. The molecule has 2 aliphatic heterocycles. The van der Waals surface area contributed by atoms with Crippen molar-refractivity contribution in [2.75, 3.05) is 13.2 Å².